The van der Waals surface area contributed by atoms with Crippen LogP contribution in [0.25, 0.3) is 5.65 Å². The number of carbonyl (C=O) groups excluding carboxylic acids is 1. The molecule has 0 spiro atoms. The van der Waals surface area contributed by atoms with Crippen LogP contribution in [-0.2, 0) is 0 Å². The van der Waals surface area contributed by atoms with Crippen LogP contribution in [0.15, 0.2) is 54.9 Å². The number of halogens is 3. The zero-order valence-electron chi connectivity index (χ0n) is 16.7. The number of rotatable bonds is 4. The zero-order valence-corrected chi connectivity index (χ0v) is 16.7. The summed E-state index contributed by atoms with van der Waals surface area (Å²) in [5, 5.41) is 7.27. The average Bonchev–Trinajstić information content (AvgIpc) is 3.43. The Labute approximate surface area is 180 Å². The highest BCUT2D eigenvalue weighted by molar-refractivity contribution is 6.03. The molecule has 1 N–H and O–H groups in total. The molecule has 0 bridgehead atoms. The van der Waals surface area contributed by atoms with Crippen molar-refractivity contribution in [2.45, 2.75) is 18.9 Å². The summed E-state index contributed by atoms with van der Waals surface area (Å²) in [5.41, 5.74) is 0.958. The predicted octanol–water partition coefficient (Wildman–Crippen LogP) is 4.14. The fraction of sp³-hybridized carbons (Fsp3) is 0.182. The Bertz CT molecular complexity index is 1310. The molecule has 3 aromatic heterocycles. The van der Waals surface area contributed by atoms with E-state index in [9.17, 15) is 18.0 Å². The molecule has 1 unspecified atom stereocenters. The molecule has 32 heavy (non-hydrogen) atoms. The minimum atomic E-state index is -0.683. The molecule has 5 rings (SSSR count). The number of pyridine rings is 1. The molecule has 1 aromatic carbocycles. The van der Waals surface area contributed by atoms with Crippen LogP contribution in [-0.4, -0.2) is 32.0 Å². The number of aromatic nitrogens is 4. The standard InChI is InChI=1S/C22H17F3N6O/c23-14-4-5-16(24)15(10-14)17-2-1-9-30(17)20-8-7-19-27-12-21(31(19)29-20)28-22(32)13-3-6-18(25)26-11-13/h3-8,10-12,17H,1-2,9H2,(H,28,32). The Balaban J connectivity index is 1.46. The van der Waals surface area contributed by atoms with Crippen LogP contribution in [0, 0.1) is 17.6 Å². The Morgan fingerprint density at radius 1 is 1.03 bits per heavy atom. The van der Waals surface area contributed by atoms with Crippen LogP contribution in [0.1, 0.15) is 34.8 Å². The van der Waals surface area contributed by atoms with Crippen molar-refractivity contribution in [3.63, 3.8) is 0 Å². The molecule has 1 aliphatic rings. The summed E-state index contributed by atoms with van der Waals surface area (Å²) in [6.45, 7) is 0.622. The van der Waals surface area contributed by atoms with Gasteiger partial charge in [0.25, 0.3) is 5.91 Å². The summed E-state index contributed by atoms with van der Waals surface area (Å²) in [5.74, 6) is -1.28. The number of carbonyl (C=O) groups is 1. The summed E-state index contributed by atoms with van der Waals surface area (Å²) in [6.07, 6.45) is 4.04. The Morgan fingerprint density at radius 3 is 2.72 bits per heavy atom. The third-order valence-corrected chi connectivity index (χ3v) is 5.44. The number of anilines is 2. The van der Waals surface area contributed by atoms with Gasteiger partial charge in [0.05, 0.1) is 17.8 Å². The first-order valence-corrected chi connectivity index (χ1v) is 9.99. The first kappa shape index (κ1) is 20.0. The lowest BCUT2D eigenvalue weighted by molar-refractivity contribution is 0.102. The fourth-order valence-corrected chi connectivity index (χ4v) is 3.93. The number of nitrogens with zero attached hydrogens (tertiary/aromatic N) is 5. The largest absolute Gasteiger partial charge is 0.348 e. The van der Waals surface area contributed by atoms with Gasteiger partial charge in [0.1, 0.15) is 17.5 Å². The Hall–Kier alpha value is -3.95. The van der Waals surface area contributed by atoms with Gasteiger partial charge in [-0.3, -0.25) is 4.79 Å². The SMILES string of the molecule is O=C(Nc1cnc2ccc(N3CCCC3c3cc(F)ccc3F)nn12)c1ccc(F)nc1. The number of fused-ring (bicyclic) bond motifs is 1. The van der Waals surface area contributed by atoms with E-state index >= 15 is 0 Å². The van der Waals surface area contributed by atoms with Gasteiger partial charge in [-0.2, -0.15) is 8.91 Å². The normalized spacial score (nSPS) is 16.0. The van der Waals surface area contributed by atoms with Gasteiger partial charge in [-0.25, -0.2) is 18.7 Å². The molecule has 0 radical (unpaired) electrons. The van der Waals surface area contributed by atoms with E-state index in [0.29, 0.717) is 30.2 Å². The Kier molecular flexibility index (Phi) is 4.96. The molecular formula is C22H17F3N6O. The molecule has 1 amide bonds. The minimum Gasteiger partial charge on any atom is -0.348 e. The van der Waals surface area contributed by atoms with Crippen molar-refractivity contribution in [2.75, 3.05) is 16.8 Å². The van der Waals surface area contributed by atoms with E-state index in [-0.39, 0.29) is 17.2 Å². The molecule has 0 aliphatic carbocycles. The van der Waals surface area contributed by atoms with E-state index in [1.165, 1.54) is 22.8 Å². The molecule has 1 atom stereocenters. The number of hydrogen-bond donors (Lipinski definition) is 1. The molecule has 1 aliphatic heterocycles. The van der Waals surface area contributed by atoms with E-state index in [1.54, 1.807) is 12.1 Å². The van der Waals surface area contributed by atoms with Gasteiger partial charge in [-0.15, -0.1) is 5.10 Å². The van der Waals surface area contributed by atoms with E-state index < -0.39 is 23.5 Å². The molecule has 4 heterocycles. The maximum atomic E-state index is 14.4. The summed E-state index contributed by atoms with van der Waals surface area (Å²) >= 11 is 0. The minimum absolute atomic E-state index is 0.179. The molecule has 10 heteroatoms. The Morgan fingerprint density at radius 2 is 1.91 bits per heavy atom. The lowest BCUT2D eigenvalue weighted by Crippen LogP contribution is -2.25. The van der Waals surface area contributed by atoms with Gasteiger partial charge in [-0.05, 0) is 55.3 Å². The van der Waals surface area contributed by atoms with Crippen LogP contribution in [0.3, 0.4) is 0 Å². The molecular weight excluding hydrogens is 421 g/mol. The predicted molar refractivity (Wildman–Crippen MR) is 111 cm³/mol. The summed E-state index contributed by atoms with van der Waals surface area (Å²) < 4.78 is 42.6. The van der Waals surface area contributed by atoms with Crippen LogP contribution < -0.4 is 10.2 Å². The van der Waals surface area contributed by atoms with Crippen molar-refractivity contribution in [1.29, 1.82) is 0 Å². The smallest absolute Gasteiger partial charge is 0.258 e. The summed E-state index contributed by atoms with van der Waals surface area (Å²) in [7, 11) is 0. The van der Waals surface area contributed by atoms with Gasteiger partial charge >= 0.3 is 0 Å². The lowest BCUT2D eigenvalue weighted by Gasteiger charge is -2.26. The monoisotopic (exact) mass is 438 g/mol. The van der Waals surface area contributed by atoms with Crippen molar-refractivity contribution >= 4 is 23.2 Å². The van der Waals surface area contributed by atoms with E-state index in [1.807, 2.05) is 4.90 Å². The van der Waals surface area contributed by atoms with Crippen molar-refractivity contribution in [2.24, 2.45) is 0 Å². The summed E-state index contributed by atoms with van der Waals surface area (Å²) in [4.78, 5) is 22.1. The molecule has 0 saturated carbocycles. The third kappa shape index (κ3) is 3.64. The van der Waals surface area contributed by atoms with Gasteiger partial charge < -0.3 is 10.2 Å². The van der Waals surface area contributed by atoms with E-state index in [4.69, 9.17) is 0 Å². The second-order valence-corrected chi connectivity index (χ2v) is 7.45. The number of hydrogen-bond acceptors (Lipinski definition) is 5. The molecule has 1 saturated heterocycles. The van der Waals surface area contributed by atoms with Gasteiger partial charge in [0, 0.05) is 18.3 Å². The molecule has 1 fully saturated rings. The van der Waals surface area contributed by atoms with Crippen molar-refractivity contribution in [3.8, 4) is 0 Å². The number of amides is 1. The maximum absolute atomic E-state index is 14.4. The molecule has 7 nitrogen and oxygen atoms in total. The zero-order chi connectivity index (χ0) is 22.2. The second-order valence-electron chi connectivity index (χ2n) is 7.45. The number of imidazole rings is 1. The van der Waals surface area contributed by atoms with Gasteiger partial charge in [0.2, 0.25) is 5.95 Å². The molecule has 162 valence electrons. The highest BCUT2D eigenvalue weighted by Gasteiger charge is 2.30. The quantitative estimate of drug-likeness (QED) is 0.485. The highest BCUT2D eigenvalue weighted by Crippen LogP contribution is 2.36. The first-order chi connectivity index (χ1) is 15.5. The van der Waals surface area contributed by atoms with E-state index in [2.05, 4.69) is 20.4 Å². The number of benzene rings is 1. The van der Waals surface area contributed by atoms with Crippen molar-refractivity contribution in [3.05, 3.63) is 83.6 Å². The van der Waals surface area contributed by atoms with Gasteiger partial charge in [-0.1, -0.05) is 0 Å². The third-order valence-electron chi connectivity index (χ3n) is 5.44. The van der Waals surface area contributed by atoms with Crippen LogP contribution in [0.4, 0.5) is 24.8 Å². The van der Waals surface area contributed by atoms with Crippen LogP contribution >= 0.6 is 0 Å². The topological polar surface area (TPSA) is 75.4 Å². The summed E-state index contributed by atoms with van der Waals surface area (Å²) in [6, 6.07) is 8.99. The van der Waals surface area contributed by atoms with Crippen LogP contribution in [0.2, 0.25) is 0 Å². The van der Waals surface area contributed by atoms with E-state index in [0.717, 1.165) is 30.8 Å². The highest BCUT2D eigenvalue weighted by atomic mass is 19.1. The van der Waals surface area contributed by atoms with Crippen molar-refractivity contribution < 1.29 is 18.0 Å². The lowest BCUT2D eigenvalue weighted by atomic mass is 10.0. The first-order valence-electron chi connectivity index (χ1n) is 9.99. The maximum Gasteiger partial charge on any atom is 0.258 e. The van der Waals surface area contributed by atoms with Gasteiger partial charge in [0.15, 0.2) is 11.5 Å². The number of nitrogens with one attached hydrogen (secondary N) is 1. The molecule has 4 aromatic rings. The van der Waals surface area contributed by atoms with Crippen LogP contribution in [0.5, 0.6) is 0 Å². The second kappa shape index (κ2) is 7.95. The fourth-order valence-electron chi connectivity index (χ4n) is 3.93. The average molecular weight is 438 g/mol. The van der Waals surface area contributed by atoms with Crippen molar-refractivity contribution in [1.82, 2.24) is 19.6 Å².